The molecule has 0 bridgehead atoms. The van der Waals surface area contributed by atoms with Gasteiger partial charge in [-0.05, 0) is 37.6 Å². The van der Waals surface area contributed by atoms with Gasteiger partial charge in [-0.1, -0.05) is 39.1 Å². The number of benzene rings is 1. The van der Waals surface area contributed by atoms with Crippen LogP contribution in [0.2, 0.25) is 10.0 Å². The van der Waals surface area contributed by atoms with E-state index in [1.807, 2.05) is 24.6 Å². The third-order valence-electron chi connectivity index (χ3n) is 3.11. The Labute approximate surface area is 136 Å². The molecule has 0 saturated heterocycles. The molecule has 1 unspecified atom stereocenters. The highest BCUT2D eigenvalue weighted by Gasteiger charge is 2.18. The van der Waals surface area contributed by atoms with E-state index in [0.29, 0.717) is 16.5 Å². The van der Waals surface area contributed by atoms with Crippen molar-refractivity contribution in [3.05, 3.63) is 49.7 Å². The fourth-order valence-electron chi connectivity index (χ4n) is 2.13. The number of aromatic nitrogens is 2. The van der Waals surface area contributed by atoms with Gasteiger partial charge in [0.25, 0.3) is 0 Å². The van der Waals surface area contributed by atoms with E-state index in [0.717, 1.165) is 28.0 Å². The van der Waals surface area contributed by atoms with Gasteiger partial charge in [0.2, 0.25) is 0 Å². The number of rotatable bonds is 4. The molecular formula is C14H15BrCl2N2O. The zero-order valence-corrected chi connectivity index (χ0v) is 14.3. The number of hydrogen-bond acceptors (Lipinski definition) is 2. The minimum atomic E-state index is -0.677. The lowest BCUT2D eigenvalue weighted by Crippen LogP contribution is -2.09. The fraction of sp³-hybridized carbons (Fsp3) is 0.357. The van der Waals surface area contributed by atoms with Crippen molar-refractivity contribution in [2.24, 2.45) is 0 Å². The predicted molar refractivity (Wildman–Crippen MR) is 85.5 cm³/mol. The first-order chi connectivity index (χ1) is 9.42. The molecule has 20 heavy (non-hydrogen) atoms. The summed E-state index contributed by atoms with van der Waals surface area (Å²) in [6.45, 7) is 4.57. The van der Waals surface area contributed by atoms with Crippen molar-refractivity contribution in [1.29, 1.82) is 0 Å². The second-order valence-corrected chi connectivity index (χ2v) is 6.31. The SMILES string of the molecule is CCn1nc(C)c(Cl)c1CC(O)c1cc(Cl)cc(Br)c1. The van der Waals surface area contributed by atoms with Crippen LogP contribution in [0.1, 0.15) is 30.0 Å². The first kappa shape index (κ1) is 15.8. The van der Waals surface area contributed by atoms with Crippen LogP contribution in [-0.4, -0.2) is 14.9 Å². The lowest BCUT2D eigenvalue weighted by atomic mass is 10.0. The van der Waals surface area contributed by atoms with E-state index >= 15 is 0 Å². The number of hydrogen-bond donors (Lipinski definition) is 1. The van der Waals surface area contributed by atoms with Crippen molar-refractivity contribution in [3.63, 3.8) is 0 Å². The molecule has 1 heterocycles. The van der Waals surface area contributed by atoms with Crippen LogP contribution in [0.25, 0.3) is 0 Å². The molecule has 108 valence electrons. The molecular weight excluding hydrogens is 363 g/mol. The molecule has 0 radical (unpaired) electrons. The van der Waals surface area contributed by atoms with Gasteiger partial charge >= 0.3 is 0 Å². The predicted octanol–water partition coefficient (Wildman–Crippen LogP) is 4.56. The summed E-state index contributed by atoms with van der Waals surface area (Å²) in [6, 6.07) is 5.39. The molecule has 1 N–H and O–H groups in total. The maximum Gasteiger partial charge on any atom is 0.0848 e. The highest BCUT2D eigenvalue weighted by Crippen LogP contribution is 2.29. The fourth-order valence-corrected chi connectivity index (χ4v) is 3.23. The molecule has 1 aromatic carbocycles. The molecule has 0 amide bonds. The van der Waals surface area contributed by atoms with E-state index in [1.165, 1.54) is 0 Å². The molecule has 1 atom stereocenters. The summed E-state index contributed by atoms with van der Waals surface area (Å²) in [6.07, 6.45) is -0.274. The van der Waals surface area contributed by atoms with Gasteiger partial charge < -0.3 is 5.11 Å². The van der Waals surface area contributed by atoms with Gasteiger partial charge in [-0.25, -0.2) is 0 Å². The summed E-state index contributed by atoms with van der Waals surface area (Å²) >= 11 is 15.6. The smallest absolute Gasteiger partial charge is 0.0848 e. The van der Waals surface area contributed by atoms with Gasteiger partial charge in [-0.15, -0.1) is 0 Å². The molecule has 3 nitrogen and oxygen atoms in total. The Morgan fingerprint density at radius 1 is 1.35 bits per heavy atom. The summed E-state index contributed by atoms with van der Waals surface area (Å²) in [4.78, 5) is 0. The molecule has 0 aliphatic carbocycles. The number of nitrogens with zero attached hydrogens (tertiary/aromatic N) is 2. The van der Waals surface area contributed by atoms with Crippen LogP contribution in [0, 0.1) is 6.92 Å². The van der Waals surface area contributed by atoms with Crippen molar-refractivity contribution in [1.82, 2.24) is 9.78 Å². The summed E-state index contributed by atoms with van der Waals surface area (Å²) in [7, 11) is 0. The first-order valence-corrected chi connectivity index (χ1v) is 7.83. The van der Waals surface area contributed by atoms with Crippen LogP contribution in [0.3, 0.4) is 0 Å². The van der Waals surface area contributed by atoms with Crippen molar-refractivity contribution in [3.8, 4) is 0 Å². The van der Waals surface area contributed by atoms with E-state index in [2.05, 4.69) is 21.0 Å². The Balaban J connectivity index is 2.29. The molecule has 2 rings (SSSR count). The lowest BCUT2D eigenvalue weighted by Gasteiger charge is -2.13. The molecule has 0 aliphatic rings. The standard InChI is InChI=1S/C14H15BrCl2N2O/c1-3-19-12(14(17)8(2)18-19)7-13(20)9-4-10(15)6-11(16)5-9/h4-6,13,20H,3,7H2,1-2H3. The topological polar surface area (TPSA) is 38.0 Å². The summed E-state index contributed by atoms with van der Waals surface area (Å²) in [5.41, 5.74) is 2.38. The van der Waals surface area contributed by atoms with Crippen molar-refractivity contribution >= 4 is 39.1 Å². The number of aliphatic hydroxyl groups is 1. The lowest BCUT2D eigenvalue weighted by molar-refractivity contribution is 0.175. The zero-order valence-electron chi connectivity index (χ0n) is 11.2. The van der Waals surface area contributed by atoms with Gasteiger partial charge in [0.1, 0.15) is 0 Å². The highest BCUT2D eigenvalue weighted by atomic mass is 79.9. The molecule has 0 fully saturated rings. The first-order valence-electron chi connectivity index (χ1n) is 6.28. The van der Waals surface area contributed by atoms with E-state index in [-0.39, 0.29) is 0 Å². The number of aryl methyl sites for hydroxylation is 2. The normalized spacial score (nSPS) is 12.7. The minimum Gasteiger partial charge on any atom is -0.388 e. The van der Waals surface area contributed by atoms with Crippen molar-refractivity contribution < 1.29 is 5.11 Å². The molecule has 0 spiro atoms. The van der Waals surface area contributed by atoms with Crippen LogP contribution in [0.4, 0.5) is 0 Å². The molecule has 6 heteroatoms. The van der Waals surface area contributed by atoms with E-state index in [1.54, 1.807) is 12.1 Å². The van der Waals surface area contributed by atoms with Crippen LogP contribution in [0.5, 0.6) is 0 Å². The molecule has 2 aromatic rings. The average molecular weight is 378 g/mol. The third kappa shape index (κ3) is 3.37. The Morgan fingerprint density at radius 2 is 2.05 bits per heavy atom. The maximum absolute atomic E-state index is 10.4. The van der Waals surface area contributed by atoms with Gasteiger partial charge in [-0.3, -0.25) is 4.68 Å². The van der Waals surface area contributed by atoms with Crippen LogP contribution in [-0.2, 0) is 13.0 Å². The molecule has 0 saturated carbocycles. The summed E-state index contributed by atoms with van der Waals surface area (Å²) in [5, 5.41) is 15.9. The van der Waals surface area contributed by atoms with Gasteiger partial charge in [0, 0.05) is 22.5 Å². The number of aliphatic hydroxyl groups excluding tert-OH is 1. The Bertz CT molecular complexity index is 608. The largest absolute Gasteiger partial charge is 0.388 e. The maximum atomic E-state index is 10.4. The van der Waals surface area contributed by atoms with E-state index in [4.69, 9.17) is 23.2 Å². The minimum absolute atomic E-state index is 0.403. The third-order valence-corrected chi connectivity index (χ3v) is 4.28. The Kier molecular flexibility index (Phi) is 5.13. The van der Waals surface area contributed by atoms with Crippen LogP contribution in [0.15, 0.2) is 22.7 Å². The van der Waals surface area contributed by atoms with Gasteiger partial charge in [0.15, 0.2) is 0 Å². The zero-order chi connectivity index (χ0) is 14.9. The highest BCUT2D eigenvalue weighted by molar-refractivity contribution is 9.10. The second-order valence-electron chi connectivity index (χ2n) is 4.58. The monoisotopic (exact) mass is 376 g/mol. The van der Waals surface area contributed by atoms with Crippen LogP contribution >= 0.6 is 39.1 Å². The van der Waals surface area contributed by atoms with E-state index < -0.39 is 6.10 Å². The van der Waals surface area contributed by atoms with Crippen molar-refractivity contribution in [2.45, 2.75) is 32.9 Å². The summed E-state index contributed by atoms with van der Waals surface area (Å²) < 4.78 is 2.66. The molecule has 0 aliphatic heterocycles. The average Bonchev–Trinajstić information content (AvgIpc) is 2.65. The van der Waals surface area contributed by atoms with E-state index in [9.17, 15) is 5.11 Å². The number of halogens is 3. The van der Waals surface area contributed by atoms with Crippen LogP contribution < -0.4 is 0 Å². The van der Waals surface area contributed by atoms with Crippen molar-refractivity contribution in [2.75, 3.05) is 0 Å². The van der Waals surface area contributed by atoms with Gasteiger partial charge in [0.05, 0.1) is 22.5 Å². The molecule has 1 aromatic heterocycles. The second kappa shape index (κ2) is 6.48. The Hall–Kier alpha value is -0.550. The summed E-state index contributed by atoms with van der Waals surface area (Å²) in [5.74, 6) is 0. The van der Waals surface area contributed by atoms with Gasteiger partial charge in [-0.2, -0.15) is 5.10 Å². The quantitative estimate of drug-likeness (QED) is 0.848. The Morgan fingerprint density at radius 3 is 2.65 bits per heavy atom.